The fraction of sp³-hybridized carbons (Fsp3) is 0.379. The molecule has 0 bridgehead atoms. The molecule has 1 fully saturated rings. The van der Waals surface area contributed by atoms with Crippen molar-refractivity contribution in [2.45, 2.75) is 32.7 Å². The summed E-state index contributed by atoms with van der Waals surface area (Å²) in [6.45, 7) is 10.5. The van der Waals surface area contributed by atoms with Gasteiger partial charge < -0.3 is 9.64 Å². The number of allylic oxidation sites excluding steroid dienone is 4. The second-order valence-electron chi connectivity index (χ2n) is 9.18. The highest BCUT2D eigenvalue weighted by molar-refractivity contribution is 7.92. The lowest BCUT2D eigenvalue weighted by molar-refractivity contribution is 0.152. The van der Waals surface area contributed by atoms with Crippen LogP contribution < -0.4 is 9.04 Å². The molecule has 6 heteroatoms. The number of hydrogen-bond acceptors (Lipinski definition) is 4. The number of methoxy groups -OCH3 is 1. The standard InChI is InChI=1S/C29H38N2O3S/c1-5-6-7-8-12-21-35(32,33)31(23-25-17-19-30(20-18-25)24(2)3)29-16-15-27(34-4)22-28(29)26-13-10-9-11-14-26/h5-16,22,24-25H,1,17-21,23H2,2-4H3/b7-6-,12-8-. The van der Waals surface area contributed by atoms with E-state index in [0.717, 1.165) is 37.1 Å². The van der Waals surface area contributed by atoms with Gasteiger partial charge in [-0.25, -0.2) is 8.42 Å². The number of nitrogens with zero attached hydrogens (tertiary/aromatic N) is 2. The van der Waals surface area contributed by atoms with Crippen LogP contribution in [0.3, 0.4) is 0 Å². The normalized spacial score (nSPS) is 15.8. The van der Waals surface area contributed by atoms with Crippen LogP contribution in [-0.2, 0) is 10.0 Å². The first-order chi connectivity index (χ1) is 16.9. The fourth-order valence-corrected chi connectivity index (χ4v) is 5.88. The first-order valence-electron chi connectivity index (χ1n) is 12.3. The van der Waals surface area contributed by atoms with E-state index in [1.165, 1.54) is 0 Å². The van der Waals surface area contributed by atoms with Crippen molar-refractivity contribution in [2.24, 2.45) is 5.92 Å². The van der Waals surface area contributed by atoms with Crippen LogP contribution in [-0.4, -0.2) is 51.9 Å². The summed E-state index contributed by atoms with van der Waals surface area (Å²) >= 11 is 0. The summed E-state index contributed by atoms with van der Waals surface area (Å²) in [5.74, 6) is 0.930. The molecular weight excluding hydrogens is 456 g/mol. The Balaban J connectivity index is 1.99. The molecule has 0 spiro atoms. The van der Waals surface area contributed by atoms with Crippen LogP contribution in [0.25, 0.3) is 11.1 Å². The topological polar surface area (TPSA) is 49.9 Å². The third-order valence-electron chi connectivity index (χ3n) is 6.50. The second kappa shape index (κ2) is 12.8. The van der Waals surface area contributed by atoms with E-state index >= 15 is 0 Å². The van der Waals surface area contributed by atoms with Gasteiger partial charge in [0, 0.05) is 18.2 Å². The number of rotatable bonds is 11. The van der Waals surface area contributed by atoms with Crippen LogP contribution in [0.5, 0.6) is 5.75 Å². The van der Waals surface area contributed by atoms with Crippen molar-refractivity contribution in [1.82, 2.24) is 4.90 Å². The van der Waals surface area contributed by atoms with E-state index in [9.17, 15) is 8.42 Å². The average Bonchev–Trinajstić information content (AvgIpc) is 2.87. The summed E-state index contributed by atoms with van der Waals surface area (Å²) in [6.07, 6.45) is 10.6. The van der Waals surface area contributed by atoms with Crippen molar-refractivity contribution in [3.05, 3.63) is 85.5 Å². The maximum absolute atomic E-state index is 13.7. The summed E-state index contributed by atoms with van der Waals surface area (Å²) in [6, 6.07) is 16.1. The minimum Gasteiger partial charge on any atom is -0.497 e. The molecule has 1 aliphatic heterocycles. The molecule has 5 nitrogen and oxygen atoms in total. The van der Waals surface area contributed by atoms with E-state index in [0.29, 0.717) is 29.9 Å². The molecule has 1 heterocycles. The Kier molecular flexibility index (Phi) is 9.75. The van der Waals surface area contributed by atoms with Gasteiger partial charge in [0.2, 0.25) is 10.0 Å². The lowest BCUT2D eigenvalue weighted by Crippen LogP contribution is -2.43. The molecule has 0 unspecified atom stereocenters. The molecule has 1 saturated heterocycles. The first-order valence-corrected chi connectivity index (χ1v) is 13.9. The van der Waals surface area contributed by atoms with Gasteiger partial charge in [0.05, 0.1) is 18.6 Å². The highest BCUT2D eigenvalue weighted by atomic mass is 32.2. The Morgan fingerprint density at radius 1 is 1.09 bits per heavy atom. The molecule has 0 N–H and O–H groups in total. The molecule has 3 rings (SSSR count). The van der Waals surface area contributed by atoms with E-state index in [1.807, 2.05) is 48.5 Å². The quantitative estimate of drug-likeness (QED) is 0.364. The summed E-state index contributed by atoms with van der Waals surface area (Å²) in [4.78, 5) is 2.47. The van der Waals surface area contributed by atoms with Crippen LogP contribution in [0.15, 0.2) is 85.5 Å². The monoisotopic (exact) mass is 494 g/mol. The molecule has 35 heavy (non-hydrogen) atoms. The number of hydrogen-bond donors (Lipinski definition) is 0. The lowest BCUT2D eigenvalue weighted by Gasteiger charge is -2.37. The molecule has 0 saturated carbocycles. The molecule has 2 aromatic carbocycles. The number of anilines is 1. The number of sulfonamides is 1. The van der Waals surface area contributed by atoms with Crippen molar-refractivity contribution >= 4 is 15.7 Å². The third-order valence-corrected chi connectivity index (χ3v) is 8.13. The van der Waals surface area contributed by atoms with Crippen LogP contribution in [0, 0.1) is 5.92 Å². The highest BCUT2D eigenvalue weighted by Gasteiger charge is 2.30. The van der Waals surface area contributed by atoms with Gasteiger partial charge in [-0.15, -0.1) is 0 Å². The number of likely N-dealkylation sites (tertiary alicyclic amines) is 1. The van der Waals surface area contributed by atoms with Gasteiger partial charge in [0.1, 0.15) is 5.75 Å². The SMILES string of the molecule is C=C/C=C\C=C/CS(=O)(=O)N(CC1CCN(C(C)C)CC1)c1ccc(OC)cc1-c1ccccc1. The van der Waals surface area contributed by atoms with Gasteiger partial charge in [-0.05, 0) is 69.5 Å². The summed E-state index contributed by atoms with van der Waals surface area (Å²) in [7, 11) is -1.98. The highest BCUT2D eigenvalue weighted by Crippen LogP contribution is 2.37. The van der Waals surface area contributed by atoms with Gasteiger partial charge in [-0.1, -0.05) is 67.3 Å². The summed E-state index contributed by atoms with van der Waals surface area (Å²) < 4.78 is 34.6. The van der Waals surface area contributed by atoms with Crippen molar-refractivity contribution in [3.63, 3.8) is 0 Å². The van der Waals surface area contributed by atoms with Gasteiger partial charge in [0.15, 0.2) is 0 Å². The Labute approximate surface area is 211 Å². The minimum atomic E-state index is -3.61. The molecular formula is C29H38N2O3S. The summed E-state index contributed by atoms with van der Waals surface area (Å²) in [5, 5.41) is 0. The molecule has 0 atom stereocenters. The largest absolute Gasteiger partial charge is 0.497 e. The Bertz CT molecular complexity index is 1120. The van der Waals surface area contributed by atoms with E-state index in [4.69, 9.17) is 4.74 Å². The van der Waals surface area contributed by atoms with E-state index < -0.39 is 10.0 Å². The van der Waals surface area contributed by atoms with Gasteiger partial charge >= 0.3 is 0 Å². The number of ether oxygens (including phenoxy) is 1. The van der Waals surface area contributed by atoms with Crippen molar-refractivity contribution in [1.29, 1.82) is 0 Å². The van der Waals surface area contributed by atoms with E-state index in [-0.39, 0.29) is 5.75 Å². The number of piperidine rings is 1. The van der Waals surface area contributed by atoms with E-state index in [1.54, 1.807) is 41.8 Å². The van der Waals surface area contributed by atoms with Gasteiger partial charge in [0.25, 0.3) is 0 Å². The van der Waals surface area contributed by atoms with E-state index in [2.05, 4.69) is 25.3 Å². The second-order valence-corrected chi connectivity index (χ2v) is 11.1. The zero-order chi connectivity index (χ0) is 25.3. The van der Waals surface area contributed by atoms with Crippen LogP contribution >= 0.6 is 0 Å². The molecule has 0 amide bonds. The predicted molar refractivity (Wildman–Crippen MR) is 147 cm³/mol. The zero-order valence-electron chi connectivity index (χ0n) is 21.1. The number of benzene rings is 2. The molecule has 0 radical (unpaired) electrons. The van der Waals surface area contributed by atoms with Crippen molar-refractivity contribution in [3.8, 4) is 16.9 Å². The molecule has 0 aromatic heterocycles. The zero-order valence-corrected chi connectivity index (χ0v) is 22.0. The predicted octanol–water partition coefficient (Wildman–Crippen LogP) is 5.92. The maximum atomic E-state index is 13.7. The molecule has 0 aliphatic carbocycles. The van der Waals surface area contributed by atoms with Crippen molar-refractivity contribution in [2.75, 3.05) is 36.8 Å². The molecule has 2 aromatic rings. The lowest BCUT2D eigenvalue weighted by atomic mass is 9.95. The smallest absolute Gasteiger partial charge is 0.238 e. The first kappa shape index (κ1) is 26.8. The summed E-state index contributed by atoms with van der Waals surface area (Å²) in [5.41, 5.74) is 2.50. The van der Waals surface area contributed by atoms with Gasteiger partial charge in [-0.3, -0.25) is 4.31 Å². The minimum absolute atomic E-state index is 0.0699. The van der Waals surface area contributed by atoms with Crippen LogP contribution in [0.1, 0.15) is 26.7 Å². The Morgan fingerprint density at radius 2 is 1.80 bits per heavy atom. The third kappa shape index (κ3) is 7.33. The Morgan fingerprint density at radius 3 is 2.43 bits per heavy atom. The van der Waals surface area contributed by atoms with Crippen LogP contribution in [0.4, 0.5) is 5.69 Å². The molecule has 1 aliphatic rings. The molecule has 188 valence electrons. The van der Waals surface area contributed by atoms with Gasteiger partial charge in [-0.2, -0.15) is 0 Å². The Hall–Kier alpha value is -2.83. The van der Waals surface area contributed by atoms with Crippen LogP contribution in [0.2, 0.25) is 0 Å². The van der Waals surface area contributed by atoms with Crippen molar-refractivity contribution < 1.29 is 13.2 Å². The fourth-order valence-electron chi connectivity index (χ4n) is 4.45. The average molecular weight is 495 g/mol. The maximum Gasteiger partial charge on any atom is 0.238 e.